The zero-order chi connectivity index (χ0) is 13.4. The monoisotopic (exact) mass is 256 g/mol. The van der Waals surface area contributed by atoms with Crippen LogP contribution in [0.1, 0.15) is 32.6 Å². The van der Waals surface area contributed by atoms with Gasteiger partial charge in [-0.1, -0.05) is 25.0 Å². The van der Waals surface area contributed by atoms with Crippen molar-refractivity contribution in [2.45, 2.75) is 44.2 Å². The van der Waals surface area contributed by atoms with E-state index in [1.54, 1.807) is 7.11 Å². The van der Waals surface area contributed by atoms with Crippen LogP contribution in [0.5, 0.6) is 0 Å². The average molecular weight is 256 g/mol. The van der Waals surface area contributed by atoms with Gasteiger partial charge in [-0.3, -0.25) is 0 Å². The second-order valence-corrected chi connectivity index (χ2v) is 5.27. The molecule has 0 radical (unpaired) electrons. The Morgan fingerprint density at radius 2 is 2.28 bits per heavy atom. The van der Waals surface area contributed by atoms with Gasteiger partial charge in [-0.2, -0.15) is 0 Å². The van der Waals surface area contributed by atoms with E-state index in [0.29, 0.717) is 19.8 Å². The van der Waals surface area contributed by atoms with Gasteiger partial charge in [0.2, 0.25) is 0 Å². The lowest BCUT2D eigenvalue weighted by atomic mass is 9.79. The zero-order valence-corrected chi connectivity index (χ0v) is 11.8. The Kier molecular flexibility index (Phi) is 6.86. The van der Waals surface area contributed by atoms with Crippen molar-refractivity contribution in [3.05, 3.63) is 12.2 Å². The van der Waals surface area contributed by atoms with Crippen LogP contribution in [0.3, 0.4) is 0 Å². The standard InChI is InChI=1S/C14H28N2O2/c1-12(2)10-18-9-8-16-14(11-15)7-5-4-6-13(14)17-3/h13,16H,1,4-11,15H2,2-3H3. The van der Waals surface area contributed by atoms with Crippen molar-refractivity contribution < 1.29 is 9.47 Å². The molecule has 0 heterocycles. The minimum absolute atomic E-state index is 0.0699. The molecule has 0 aromatic rings. The summed E-state index contributed by atoms with van der Waals surface area (Å²) in [5, 5.41) is 3.55. The molecule has 0 aromatic heterocycles. The smallest absolute Gasteiger partial charge is 0.0765 e. The molecule has 1 fully saturated rings. The molecule has 18 heavy (non-hydrogen) atoms. The highest BCUT2D eigenvalue weighted by Crippen LogP contribution is 2.29. The van der Waals surface area contributed by atoms with E-state index in [4.69, 9.17) is 15.2 Å². The van der Waals surface area contributed by atoms with Crippen molar-refractivity contribution in [2.24, 2.45) is 5.73 Å². The van der Waals surface area contributed by atoms with Gasteiger partial charge in [-0.05, 0) is 19.8 Å². The Balaban J connectivity index is 2.36. The fourth-order valence-electron chi connectivity index (χ4n) is 2.68. The third kappa shape index (κ3) is 4.35. The second kappa shape index (κ2) is 7.89. The van der Waals surface area contributed by atoms with Crippen LogP contribution >= 0.6 is 0 Å². The topological polar surface area (TPSA) is 56.5 Å². The predicted octanol–water partition coefficient (Wildman–Crippen LogP) is 1.46. The van der Waals surface area contributed by atoms with Crippen molar-refractivity contribution in [3.8, 4) is 0 Å². The number of hydrogen-bond acceptors (Lipinski definition) is 4. The summed E-state index contributed by atoms with van der Waals surface area (Å²) in [6, 6.07) is 0. The van der Waals surface area contributed by atoms with Crippen LogP contribution in [-0.4, -0.2) is 45.1 Å². The highest BCUT2D eigenvalue weighted by atomic mass is 16.5. The maximum atomic E-state index is 5.97. The molecule has 1 rings (SSSR count). The van der Waals surface area contributed by atoms with Crippen molar-refractivity contribution in [1.29, 1.82) is 0 Å². The molecule has 0 saturated heterocycles. The molecule has 0 aromatic carbocycles. The molecule has 1 saturated carbocycles. The first-order valence-electron chi connectivity index (χ1n) is 6.84. The summed E-state index contributed by atoms with van der Waals surface area (Å²) < 4.78 is 11.1. The number of rotatable bonds is 8. The van der Waals surface area contributed by atoms with Gasteiger partial charge < -0.3 is 20.5 Å². The van der Waals surface area contributed by atoms with Gasteiger partial charge in [0.05, 0.1) is 24.9 Å². The molecule has 0 amide bonds. The summed E-state index contributed by atoms with van der Waals surface area (Å²) in [5.74, 6) is 0. The van der Waals surface area contributed by atoms with Crippen LogP contribution in [0.15, 0.2) is 12.2 Å². The predicted molar refractivity (Wildman–Crippen MR) is 74.7 cm³/mol. The maximum absolute atomic E-state index is 5.97. The Hall–Kier alpha value is -0.420. The van der Waals surface area contributed by atoms with E-state index < -0.39 is 0 Å². The lowest BCUT2D eigenvalue weighted by molar-refractivity contribution is -0.0114. The van der Waals surface area contributed by atoms with Crippen LogP contribution in [0.2, 0.25) is 0 Å². The van der Waals surface area contributed by atoms with Gasteiger partial charge in [0.25, 0.3) is 0 Å². The van der Waals surface area contributed by atoms with Crippen LogP contribution in [0.25, 0.3) is 0 Å². The van der Waals surface area contributed by atoms with E-state index in [9.17, 15) is 0 Å². The van der Waals surface area contributed by atoms with Gasteiger partial charge >= 0.3 is 0 Å². The Labute approximate surface area is 111 Å². The SMILES string of the molecule is C=C(C)COCCNC1(CN)CCCCC1OC. The number of ether oxygens (including phenoxy) is 2. The van der Waals surface area contributed by atoms with Crippen LogP contribution < -0.4 is 11.1 Å². The molecular formula is C14H28N2O2. The summed E-state index contributed by atoms with van der Waals surface area (Å²) in [7, 11) is 1.78. The van der Waals surface area contributed by atoms with E-state index in [1.807, 2.05) is 6.92 Å². The van der Waals surface area contributed by atoms with E-state index in [1.165, 1.54) is 12.8 Å². The highest BCUT2D eigenvalue weighted by Gasteiger charge is 2.39. The normalized spacial score (nSPS) is 28.3. The van der Waals surface area contributed by atoms with Crippen molar-refractivity contribution in [3.63, 3.8) is 0 Å². The van der Waals surface area contributed by atoms with Crippen LogP contribution in [0, 0.1) is 0 Å². The van der Waals surface area contributed by atoms with Gasteiger partial charge in [0, 0.05) is 20.2 Å². The fraction of sp³-hybridized carbons (Fsp3) is 0.857. The molecule has 0 aliphatic heterocycles. The maximum Gasteiger partial charge on any atom is 0.0765 e. The molecule has 1 aliphatic rings. The van der Waals surface area contributed by atoms with Gasteiger partial charge in [0.15, 0.2) is 0 Å². The molecule has 106 valence electrons. The van der Waals surface area contributed by atoms with E-state index in [0.717, 1.165) is 25.0 Å². The van der Waals surface area contributed by atoms with E-state index in [2.05, 4.69) is 11.9 Å². The molecule has 2 atom stereocenters. The lowest BCUT2D eigenvalue weighted by Gasteiger charge is -2.43. The van der Waals surface area contributed by atoms with Crippen molar-refractivity contribution in [2.75, 3.05) is 33.4 Å². The molecule has 4 nitrogen and oxygen atoms in total. The Morgan fingerprint density at radius 1 is 1.50 bits per heavy atom. The van der Waals surface area contributed by atoms with Crippen LogP contribution in [0.4, 0.5) is 0 Å². The minimum atomic E-state index is -0.0699. The summed E-state index contributed by atoms with van der Waals surface area (Å²) >= 11 is 0. The molecular weight excluding hydrogens is 228 g/mol. The summed E-state index contributed by atoms with van der Waals surface area (Å²) in [6.45, 7) is 8.52. The van der Waals surface area contributed by atoms with Crippen LogP contribution in [-0.2, 0) is 9.47 Å². The molecule has 1 aliphatic carbocycles. The number of nitrogens with two attached hydrogens (primary N) is 1. The van der Waals surface area contributed by atoms with Gasteiger partial charge in [-0.25, -0.2) is 0 Å². The lowest BCUT2D eigenvalue weighted by Crippen LogP contribution is -2.61. The van der Waals surface area contributed by atoms with Crippen molar-refractivity contribution in [1.82, 2.24) is 5.32 Å². The number of methoxy groups -OCH3 is 1. The quantitative estimate of drug-likeness (QED) is 0.510. The first-order chi connectivity index (χ1) is 8.64. The summed E-state index contributed by atoms with van der Waals surface area (Å²) in [5.41, 5.74) is 6.95. The third-order valence-corrected chi connectivity index (χ3v) is 3.68. The minimum Gasteiger partial charge on any atom is -0.379 e. The summed E-state index contributed by atoms with van der Waals surface area (Å²) in [6.07, 6.45) is 4.85. The molecule has 3 N–H and O–H groups in total. The largest absolute Gasteiger partial charge is 0.379 e. The number of hydrogen-bond donors (Lipinski definition) is 2. The zero-order valence-electron chi connectivity index (χ0n) is 11.8. The first-order valence-corrected chi connectivity index (χ1v) is 6.84. The summed E-state index contributed by atoms with van der Waals surface area (Å²) in [4.78, 5) is 0. The third-order valence-electron chi connectivity index (χ3n) is 3.68. The molecule has 2 unspecified atom stereocenters. The van der Waals surface area contributed by atoms with Gasteiger partial charge in [0.1, 0.15) is 0 Å². The van der Waals surface area contributed by atoms with E-state index in [-0.39, 0.29) is 11.6 Å². The molecule has 4 heteroatoms. The first kappa shape index (κ1) is 15.6. The van der Waals surface area contributed by atoms with E-state index >= 15 is 0 Å². The van der Waals surface area contributed by atoms with Crippen molar-refractivity contribution >= 4 is 0 Å². The number of nitrogens with one attached hydrogen (secondary N) is 1. The highest BCUT2D eigenvalue weighted by molar-refractivity contribution is 4.99. The molecule has 0 spiro atoms. The second-order valence-electron chi connectivity index (χ2n) is 5.27. The Morgan fingerprint density at radius 3 is 2.89 bits per heavy atom. The molecule has 0 bridgehead atoms. The van der Waals surface area contributed by atoms with Gasteiger partial charge in [-0.15, -0.1) is 0 Å². The Bertz CT molecular complexity index is 258. The fourth-order valence-corrected chi connectivity index (χ4v) is 2.68. The average Bonchev–Trinajstić information content (AvgIpc) is 2.38.